The van der Waals surface area contributed by atoms with Gasteiger partial charge in [0.05, 0.1) is 13.2 Å². The van der Waals surface area contributed by atoms with E-state index in [1.165, 1.54) is 0 Å². The zero-order valence-electron chi connectivity index (χ0n) is 12.3. The molecular formula is C15H25NO3. The van der Waals surface area contributed by atoms with Crippen molar-refractivity contribution in [1.82, 2.24) is 0 Å². The van der Waals surface area contributed by atoms with Gasteiger partial charge in [0.2, 0.25) is 0 Å². The van der Waals surface area contributed by atoms with Crippen molar-refractivity contribution in [2.24, 2.45) is 5.73 Å². The predicted octanol–water partition coefficient (Wildman–Crippen LogP) is 2.39. The molecule has 0 amide bonds. The minimum absolute atomic E-state index is 0.0545. The third-order valence-electron chi connectivity index (χ3n) is 3.16. The van der Waals surface area contributed by atoms with E-state index in [0.717, 1.165) is 29.9 Å². The molecule has 4 nitrogen and oxygen atoms in total. The second-order valence-corrected chi connectivity index (χ2v) is 4.70. The summed E-state index contributed by atoms with van der Waals surface area (Å²) < 4.78 is 16.2. The van der Waals surface area contributed by atoms with Gasteiger partial charge in [-0.1, -0.05) is 13.0 Å². The van der Waals surface area contributed by atoms with Crippen molar-refractivity contribution in [3.05, 3.63) is 23.8 Å². The zero-order chi connectivity index (χ0) is 14.3. The molecule has 0 aliphatic carbocycles. The lowest BCUT2D eigenvalue weighted by atomic mass is 10.0. The van der Waals surface area contributed by atoms with Gasteiger partial charge in [0.25, 0.3) is 0 Å². The first-order valence-electron chi connectivity index (χ1n) is 6.68. The summed E-state index contributed by atoms with van der Waals surface area (Å²) >= 11 is 0. The number of hydrogen-bond donors (Lipinski definition) is 1. The van der Waals surface area contributed by atoms with E-state index in [0.29, 0.717) is 6.61 Å². The van der Waals surface area contributed by atoms with Crippen molar-refractivity contribution < 1.29 is 14.2 Å². The van der Waals surface area contributed by atoms with E-state index in [-0.39, 0.29) is 12.1 Å². The van der Waals surface area contributed by atoms with Gasteiger partial charge in [-0.3, -0.25) is 0 Å². The van der Waals surface area contributed by atoms with Crippen LogP contribution in [0.1, 0.15) is 25.8 Å². The molecule has 0 heterocycles. The van der Waals surface area contributed by atoms with Gasteiger partial charge in [0, 0.05) is 19.2 Å². The Labute approximate surface area is 115 Å². The second kappa shape index (κ2) is 8.02. The quantitative estimate of drug-likeness (QED) is 0.785. The molecule has 0 fully saturated rings. The normalized spacial score (nSPS) is 13.9. The summed E-state index contributed by atoms with van der Waals surface area (Å²) in [6, 6.07) is 6.00. The van der Waals surface area contributed by atoms with E-state index < -0.39 is 0 Å². The van der Waals surface area contributed by atoms with Crippen LogP contribution in [0.3, 0.4) is 0 Å². The van der Waals surface area contributed by atoms with Crippen molar-refractivity contribution >= 4 is 0 Å². The molecule has 0 radical (unpaired) electrons. The molecule has 108 valence electrons. The molecule has 0 aromatic heterocycles. The molecule has 1 aromatic carbocycles. The highest BCUT2D eigenvalue weighted by Crippen LogP contribution is 2.26. The SMILES string of the molecule is CCC(N)Cc1ccc(OC)cc1OCC(C)OC. The minimum atomic E-state index is 0.0545. The number of rotatable bonds is 8. The van der Waals surface area contributed by atoms with Gasteiger partial charge in [-0.15, -0.1) is 0 Å². The predicted molar refractivity (Wildman–Crippen MR) is 76.9 cm³/mol. The third-order valence-corrected chi connectivity index (χ3v) is 3.16. The van der Waals surface area contributed by atoms with Gasteiger partial charge in [-0.05, 0) is 31.4 Å². The summed E-state index contributed by atoms with van der Waals surface area (Å²) in [6.07, 6.45) is 1.80. The maximum absolute atomic E-state index is 6.02. The smallest absolute Gasteiger partial charge is 0.126 e. The highest BCUT2D eigenvalue weighted by atomic mass is 16.5. The summed E-state index contributed by atoms with van der Waals surface area (Å²) in [6.45, 7) is 4.57. The molecule has 0 saturated heterocycles. The van der Waals surface area contributed by atoms with Crippen LogP contribution >= 0.6 is 0 Å². The van der Waals surface area contributed by atoms with E-state index in [9.17, 15) is 0 Å². The van der Waals surface area contributed by atoms with Crippen LogP contribution in [-0.2, 0) is 11.2 Å². The van der Waals surface area contributed by atoms with Gasteiger partial charge in [-0.2, -0.15) is 0 Å². The molecule has 2 N–H and O–H groups in total. The van der Waals surface area contributed by atoms with E-state index in [2.05, 4.69) is 6.92 Å². The van der Waals surface area contributed by atoms with Crippen molar-refractivity contribution in [2.45, 2.75) is 38.8 Å². The number of ether oxygens (including phenoxy) is 3. The van der Waals surface area contributed by atoms with Gasteiger partial charge in [0.15, 0.2) is 0 Å². The number of hydrogen-bond acceptors (Lipinski definition) is 4. The Kier molecular flexibility index (Phi) is 6.67. The maximum Gasteiger partial charge on any atom is 0.126 e. The topological polar surface area (TPSA) is 53.7 Å². The average Bonchev–Trinajstić information content (AvgIpc) is 2.45. The first kappa shape index (κ1) is 15.8. The molecular weight excluding hydrogens is 242 g/mol. The Hall–Kier alpha value is -1.26. The van der Waals surface area contributed by atoms with Gasteiger partial charge in [-0.25, -0.2) is 0 Å². The molecule has 4 heteroatoms. The van der Waals surface area contributed by atoms with Gasteiger partial charge in [0.1, 0.15) is 18.1 Å². The molecule has 0 saturated carbocycles. The standard InChI is InChI=1S/C15H25NO3/c1-5-13(16)8-12-6-7-14(18-4)9-15(12)19-10-11(2)17-3/h6-7,9,11,13H,5,8,10,16H2,1-4H3. The Bertz CT molecular complexity index is 382. The summed E-state index contributed by atoms with van der Waals surface area (Å²) in [7, 11) is 3.32. The molecule has 0 aliphatic rings. The second-order valence-electron chi connectivity index (χ2n) is 4.70. The number of methoxy groups -OCH3 is 2. The highest BCUT2D eigenvalue weighted by Gasteiger charge is 2.11. The highest BCUT2D eigenvalue weighted by molar-refractivity contribution is 5.41. The third kappa shape index (κ3) is 5.09. The fraction of sp³-hybridized carbons (Fsp3) is 0.600. The Balaban J connectivity index is 2.82. The summed E-state index contributed by atoms with van der Waals surface area (Å²) in [5.41, 5.74) is 7.12. The Morgan fingerprint density at radius 2 is 2.00 bits per heavy atom. The fourth-order valence-corrected chi connectivity index (χ4v) is 1.67. The van der Waals surface area contributed by atoms with Crippen LogP contribution < -0.4 is 15.2 Å². The van der Waals surface area contributed by atoms with Crippen LogP contribution in [0, 0.1) is 0 Å². The van der Waals surface area contributed by atoms with Crippen LogP contribution in [0.2, 0.25) is 0 Å². The Morgan fingerprint density at radius 1 is 1.26 bits per heavy atom. The van der Waals surface area contributed by atoms with Crippen LogP contribution in [-0.4, -0.2) is 33.0 Å². The van der Waals surface area contributed by atoms with Crippen molar-refractivity contribution in [3.8, 4) is 11.5 Å². The monoisotopic (exact) mass is 267 g/mol. The molecule has 0 aliphatic heterocycles. The summed E-state index contributed by atoms with van der Waals surface area (Å²) in [5, 5.41) is 0. The zero-order valence-corrected chi connectivity index (χ0v) is 12.3. The first-order chi connectivity index (χ1) is 9.10. The lowest BCUT2D eigenvalue weighted by Gasteiger charge is -2.17. The number of nitrogens with two attached hydrogens (primary N) is 1. The van der Waals surface area contributed by atoms with E-state index >= 15 is 0 Å². The molecule has 2 atom stereocenters. The van der Waals surface area contributed by atoms with Gasteiger partial charge < -0.3 is 19.9 Å². The summed E-state index contributed by atoms with van der Waals surface area (Å²) in [5.74, 6) is 1.61. The number of benzene rings is 1. The van der Waals surface area contributed by atoms with E-state index in [4.69, 9.17) is 19.9 Å². The maximum atomic E-state index is 6.02. The van der Waals surface area contributed by atoms with Crippen LogP contribution in [0.15, 0.2) is 18.2 Å². The van der Waals surface area contributed by atoms with Crippen LogP contribution in [0.4, 0.5) is 0 Å². The molecule has 0 bridgehead atoms. The lowest BCUT2D eigenvalue weighted by Crippen LogP contribution is -2.22. The molecule has 19 heavy (non-hydrogen) atoms. The molecule has 1 rings (SSSR count). The van der Waals surface area contributed by atoms with Crippen molar-refractivity contribution in [2.75, 3.05) is 20.8 Å². The largest absolute Gasteiger partial charge is 0.497 e. The van der Waals surface area contributed by atoms with Crippen LogP contribution in [0.25, 0.3) is 0 Å². The lowest BCUT2D eigenvalue weighted by molar-refractivity contribution is 0.0712. The average molecular weight is 267 g/mol. The molecule has 1 aromatic rings. The summed E-state index contributed by atoms with van der Waals surface area (Å²) in [4.78, 5) is 0. The van der Waals surface area contributed by atoms with Crippen molar-refractivity contribution in [3.63, 3.8) is 0 Å². The van der Waals surface area contributed by atoms with Crippen LogP contribution in [0.5, 0.6) is 11.5 Å². The first-order valence-corrected chi connectivity index (χ1v) is 6.68. The minimum Gasteiger partial charge on any atom is -0.497 e. The van der Waals surface area contributed by atoms with Gasteiger partial charge >= 0.3 is 0 Å². The molecule has 2 unspecified atom stereocenters. The van der Waals surface area contributed by atoms with E-state index in [1.54, 1.807) is 14.2 Å². The van der Waals surface area contributed by atoms with E-state index in [1.807, 2.05) is 25.1 Å². The fourth-order valence-electron chi connectivity index (χ4n) is 1.67. The van der Waals surface area contributed by atoms with Crippen molar-refractivity contribution in [1.29, 1.82) is 0 Å². The Morgan fingerprint density at radius 3 is 2.58 bits per heavy atom. The molecule has 0 spiro atoms.